The first kappa shape index (κ1) is 24.2. The van der Waals surface area contributed by atoms with Crippen molar-refractivity contribution < 1.29 is 13.2 Å². The van der Waals surface area contributed by atoms with Crippen LogP contribution in [0, 0.1) is 11.8 Å². The summed E-state index contributed by atoms with van der Waals surface area (Å²) in [4.78, 5) is 10.2. The van der Waals surface area contributed by atoms with Gasteiger partial charge in [-0.25, -0.2) is 9.98 Å². The number of hydrogen-bond donors (Lipinski definition) is 0. The Morgan fingerprint density at radius 3 is 1.92 bits per heavy atom. The average Bonchev–Trinajstić information content (AvgIpc) is 3.13. The van der Waals surface area contributed by atoms with Crippen molar-refractivity contribution in [3.63, 3.8) is 0 Å². The van der Waals surface area contributed by atoms with Crippen molar-refractivity contribution in [3.8, 4) is 0 Å². The topological polar surface area (TPSA) is 24.7 Å². The van der Waals surface area contributed by atoms with Crippen LogP contribution in [0.25, 0.3) is 10.8 Å². The van der Waals surface area contributed by atoms with E-state index in [1.165, 1.54) is 23.3 Å². The lowest BCUT2D eigenvalue weighted by Crippen LogP contribution is -2.15. The van der Waals surface area contributed by atoms with Crippen LogP contribution < -0.4 is 0 Å². The summed E-state index contributed by atoms with van der Waals surface area (Å²) in [5, 5.41) is 2.18. The van der Waals surface area contributed by atoms with Gasteiger partial charge in [-0.15, -0.1) is 0 Å². The van der Waals surface area contributed by atoms with E-state index in [0.717, 1.165) is 58.3 Å². The molecule has 0 saturated heterocycles. The summed E-state index contributed by atoms with van der Waals surface area (Å²) in [6, 6.07) is 17.3. The third-order valence-electron chi connectivity index (χ3n) is 6.97. The third kappa shape index (κ3) is 4.32. The summed E-state index contributed by atoms with van der Waals surface area (Å²) in [6.45, 7) is 8.80. The monoisotopic (exact) mass is 486 g/mol. The minimum atomic E-state index is -4.38. The average molecular weight is 487 g/mol. The molecule has 3 aromatic carbocycles. The van der Waals surface area contributed by atoms with Crippen molar-refractivity contribution in [2.75, 3.05) is 0 Å². The maximum atomic E-state index is 13.1. The Hall–Kier alpha value is -3.47. The zero-order chi connectivity index (χ0) is 25.6. The number of rotatable bonds is 4. The molecule has 0 saturated carbocycles. The molecule has 0 N–H and O–H groups in total. The highest BCUT2D eigenvalue weighted by atomic mass is 19.4. The summed E-state index contributed by atoms with van der Waals surface area (Å²) in [5.74, 6) is 0.690. The van der Waals surface area contributed by atoms with Crippen LogP contribution in [0.3, 0.4) is 0 Å². The third-order valence-corrected chi connectivity index (χ3v) is 6.97. The van der Waals surface area contributed by atoms with Gasteiger partial charge in [0.15, 0.2) is 0 Å². The van der Waals surface area contributed by atoms with Crippen LogP contribution in [0.2, 0.25) is 0 Å². The van der Waals surface area contributed by atoms with E-state index in [1.807, 2.05) is 18.2 Å². The number of allylic oxidation sites excluding steroid dienone is 3. The van der Waals surface area contributed by atoms with Crippen LogP contribution in [0.1, 0.15) is 57.2 Å². The minimum Gasteiger partial charge on any atom is -0.246 e. The fraction of sp³-hybridized carbons (Fsp3) is 0.290. The molecular formula is C31H29F3N2. The van der Waals surface area contributed by atoms with Crippen molar-refractivity contribution >= 4 is 27.9 Å². The Bertz CT molecular complexity index is 1440. The highest BCUT2D eigenvalue weighted by molar-refractivity contribution is 6.61. The number of alkyl halides is 3. The summed E-state index contributed by atoms with van der Waals surface area (Å²) < 4.78 is 39.3. The lowest BCUT2D eigenvalue weighted by Gasteiger charge is -2.24. The highest BCUT2D eigenvalue weighted by Crippen LogP contribution is 2.39. The van der Waals surface area contributed by atoms with Gasteiger partial charge in [0, 0.05) is 16.5 Å². The van der Waals surface area contributed by atoms with Gasteiger partial charge < -0.3 is 0 Å². The molecule has 5 rings (SSSR count). The van der Waals surface area contributed by atoms with Crippen LogP contribution in [0.5, 0.6) is 0 Å². The van der Waals surface area contributed by atoms with Crippen molar-refractivity contribution in [3.05, 3.63) is 100 Å². The Morgan fingerprint density at radius 1 is 0.750 bits per heavy atom. The van der Waals surface area contributed by atoms with Crippen LogP contribution in [-0.2, 0) is 6.18 Å². The molecular weight excluding hydrogens is 457 g/mol. The number of hydrogen-bond acceptors (Lipinski definition) is 2. The SMILES string of the molecule is CC(C)C1=CCCC(C(C)C)=C1/N=C1/C(=N/c2ccc(C(F)(F)F)cc2)c2cccc3cccc1c23. The molecule has 3 aromatic rings. The van der Waals surface area contributed by atoms with Gasteiger partial charge in [-0.3, -0.25) is 0 Å². The first-order valence-electron chi connectivity index (χ1n) is 12.5. The molecule has 0 heterocycles. The molecule has 0 unspecified atom stereocenters. The lowest BCUT2D eigenvalue weighted by molar-refractivity contribution is -0.137. The van der Waals surface area contributed by atoms with Crippen LogP contribution in [0.15, 0.2) is 93.6 Å². The molecule has 2 nitrogen and oxygen atoms in total. The van der Waals surface area contributed by atoms with Crippen LogP contribution in [-0.4, -0.2) is 11.4 Å². The van der Waals surface area contributed by atoms with Crippen LogP contribution in [0.4, 0.5) is 18.9 Å². The number of benzene rings is 3. The Labute approximate surface area is 210 Å². The summed E-state index contributed by atoms with van der Waals surface area (Å²) >= 11 is 0. The highest BCUT2D eigenvalue weighted by Gasteiger charge is 2.31. The molecule has 5 heteroatoms. The van der Waals surface area contributed by atoms with Gasteiger partial charge in [0.2, 0.25) is 0 Å². The molecule has 0 atom stereocenters. The minimum absolute atomic E-state index is 0.327. The van der Waals surface area contributed by atoms with Crippen molar-refractivity contribution in [1.82, 2.24) is 0 Å². The molecule has 0 amide bonds. The first-order chi connectivity index (χ1) is 17.1. The molecule has 0 aliphatic heterocycles. The molecule has 0 bridgehead atoms. The first-order valence-corrected chi connectivity index (χ1v) is 12.5. The molecule has 0 radical (unpaired) electrons. The largest absolute Gasteiger partial charge is 0.416 e. The van der Waals surface area contributed by atoms with E-state index >= 15 is 0 Å². The van der Waals surface area contributed by atoms with E-state index in [1.54, 1.807) is 0 Å². The summed E-state index contributed by atoms with van der Waals surface area (Å²) in [7, 11) is 0. The number of aliphatic imine (C=N–C) groups is 2. The van der Waals surface area contributed by atoms with Crippen molar-refractivity contribution in [1.29, 1.82) is 0 Å². The van der Waals surface area contributed by atoms with Gasteiger partial charge in [-0.05, 0) is 65.5 Å². The van der Waals surface area contributed by atoms with Crippen molar-refractivity contribution in [2.24, 2.45) is 21.8 Å². The number of nitrogens with zero attached hydrogens (tertiary/aromatic N) is 2. The van der Waals surface area contributed by atoms with E-state index in [2.05, 4.69) is 52.0 Å². The van der Waals surface area contributed by atoms with Gasteiger partial charge in [0.25, 0.3) is 0 Å². The van der Waals surface area contributed by atoms with Gasteiger partial charge in [-0.1, -0.05) is 70.2 Å². The zero-order valence-corrected chi connectivity index (χ0v) is 20.9. The molecule has 2 aliphatic rings. The Kier molecular flexibility index (Phi) is 6.19. The van der Waals surface area contributed by atoms with Gasteiger partial charge in [-0.2, -0.15) is 13.2 Å². The summed E-state index contributed by atoms with van der Waals surface area (Å²) in [5.41, 5.74) is 6.85. The quantitative estimate of drug-likeness (QED) is 0.351. The Morgan fingerprint density at radius 2 is 1.36 bits per heavy atom. The smallest absolute Gasteiger partial charge is 0.246 e. The second-order valence-electron chi connectivity index (χ2n) is 10.1. The zero-order valence-electron chi connectivity index (χ0n) is 20.9. The normalized spacial score (nSPS) is 18.3. The maximum absolute atomic E-state index is 13.1. The van der Waals surface area contributed by atoms with Crippen LogP contribution >= 0.6 is 0 Å². The van der Waals surface area contributed by atoms with Gasteiger partial charge in [0.1, 0.15) is 0 Å². The lowest BCUT2D eigenvalue weighted by atomic mass is 9.84. The summed E-state index contributed by atoms with van der Waals surface area (Å²) in [6.07, 6.45) is -0.0979. The number of halogens is 3. The van der Waals surface area contributed by atoms with E-state index in [-0.39, 0.29) is 0 Å². The second kappa shape index (κ2) is 9.20. The molecule has 0 spiro atoms. The Balaban J connectivity index is 1.74. The molecule has 0 fully saturated rings. The van der Waals surface area contributed by atoms with E-state index < -0.39 is 11.7 Å². The maximum Gasteiger partial charge on any atom is 0.416 e. The predicted molar refractivity (Wildman–Crippen MR) is 142 cm³/mol. The fourth-order valence-electron chi connectivity index (χ4n) is 5.17. The van der Waals surface area contributed by atoms with E-state index in [9.17, 15) is 13.2 Å². The van der Waals surface area contributed by atoms with E-state index in [4.69, 9.17) is 9.98 Å². The van der Waals surface area contributed by atoms with Crippen molar-refractivity contribution in [2.45, 2.75) is 46.7 Å². The van der Waals surface area contributed by atoms with E-state index in [0.29, 0.717) is 23.2 Å². The van der Waals surface area contributed by atoms with Gasteiger partial charge >= 0.3 is 6.18 Å². The molecule has 36 heavy (non-hydrogen) atoms. The predicted octanol–water partition coefficient (Wildman–Crippen LogP) is 9.07. The molecule has 184 valence electrons. The molecule has 0 aromatic heterocycles. The molecule has 2 aliphatic carbocycles. The van der Waals surface area contributed by atoms with Gasteiger partial charge in [0.05, 0.1) is 28.4 Å². The fourth-order valence-corrected chi connectivity index (χ4v) is 5.17. The standard InChI is InChI=1S/C31H29F3N2/c1-18(2)23-10-7-11-24(19(3)4)28(23)36-30-26-13-6-9-20-8-5-12-25(27(20)26)29(30)35-22-16-14-21(15-17-22)31(32,33)34/h5-6,8-10,12-19H,7,11H2,1-4H3/b35-29+,36-30+. The second-order valence-corrected chi connectivity index (χ2v) is 10.1.